The molecular weight excluding hydrogens is 379 g/mol. The average molecular weight is 394 g/mol. The summed E-state index contributed by atoms with van der Waals surface area (Å²) in [4.78, 5) is 5.35. The zero-order valence-corrected chi connectivity index (χ0v) is 15.3. The van der Waals surface area contributed by atoms with Crippen molar-refractivity contribution in [2.75, 3.05) is 0 Å². The van der Waals surface area contributed by atoms with E-state index >= 15 is 0 Å². The van der Waals surface area contributed by atoms with Gasteiger partial charge in [0.15, 0.2) is 0 Å². The fourth-order valence-electron chi connectivity index (χ4n) is 2.12. The van der Waals surface area contributed by atoms with Crippen LogP contribution in [0.15, 0.2) is 72.8 Å². The molecule has 3 rings (SSSR count). The van der Waals surface area contributed by atoms with Crippen LogP contribution in [-0.2, 0) is 4.84 Å². The molecule has 1 aliphatic heterocycles. The van der Waals surface area contributed by atoms with Gasteiger partial charge in [0.2, 0.25) is 5.76 Å². The molecule has 128 valence electrons. The number of hydrazine groups is 1. The van der Waals surface area contributed by atoms with E-state index in [9.17, 15) is 0 Å². The largest absolute Gasteiger partial charge is 0.358 e. The number of nitrogens with zero attached hydrogens (tertiary/aromatic N) is 1. The van der Waals surface area contributed by atoms with Gasteiger partial charge in [-0.15, -0.1) is 5.17 Å². The van der Waals surface area contributed by atoms with Crippen LogP contribution in [0.25, 0.3) is 18.2 Å². The Labute approximate surface area is 161 Å². The van der Waals surface area contributed by atoms with Gasteiger partial charge in [-0.05, 0) is 22.8 Å². The van der Waals surface area contributed by atoms with Crippen LogP contribution in [0, 0.1) is 0 Å². The Morgan fingerprint density at radius 3 is 1.92 bits per heavy atom. The summed E-state index contributed by atoms with van der Waals surface area (Å²) in [5.41, 5.74) is 6.14. The molecule has 0 amide bonds. The van der Waals surface area contributed by atoms with Gasteiger partial charge in [-0.3, -0.25) is 5.43 Å². The second kappa shape index (κ2) is 7.87. The lowest BCUT2D eigenvalue weighted by atomic mass is 10.1. The first-order valence-electron chi connectivity index (χ1n) is 7.53. The molecule has 0 saturated carbocycles. The number of rotatable bonds is 4. The van der Waals surface area contributed by atoms with E-state index in [1.54, 1.807) is 6.20 Å². The second-order valence-corrected chi connectivity index (χ2v) is 7.56. The van der Waals surface area contributed by atoms with Crippen molar-refractivity contribution in [1.82, 2.24) is 10.6 Å². The van der Waals surface area contributed by atoms with Gasteiger partial charge in [0, 0.05) is 0 Å². The van der Waals surface area contributed by atoms with Crippen molar-refractivity contribution in [1.29, 1.82) is 0 Å². The van der Waals surface area contributed by atoms with E-state index in [1.807, 2.05) is 48.5 Å². The molecule has 0 spiro atoms. The fraction of sp³-hybridized carbons (Fsp3) is 0.0526. The van der Waals surface area contributed by atoms with Crippen molar-refractivity contribution in [2.45, 2.75) is 3.79 Å². The first-order chi connectivity index (χ1) is 12.0. The molecule has 3 nitrogen and oxygen atoms in total. The van der Waals surface area contributed by atoms with Crippen LogP contribution in [0.5, 0.6) is 0 Å². The Kier molecular flexibility index (Phi) is 5.59. The van der Waals surface area contributed by atoms with Crippen LogP contribution in [-0.4, -0.2) is 8.96 Å². The lowest BCUT2D eigenvalue weighted by Crippen LogP contribution is -2.23. The minimum atomic E-state index is -1.59. The van der Waals surface area contributed by atoms with Gasteiger partial charge in [-0.2, -0.15) is 0 Å². The Balaban J connectivity index is 1.57. The first-order valence-corrected chi connectivity index (χ1v) is 8.66. The highest BCUT2D eigenvalue weighted by Crippen LogP contribution is 2.36. The monoisotopic (exact) mass is 392 g/mol. The maximum Gasteiger partial charge on any atom is 0.252 e. The molecular formula is C19H15Cl3N2O. The molecule has 2 aromatic carbocycles. The molecule has 0 fully saturated rings. The normalized spacial score (nSPS) is 14.7. The molecule has 0 atom stereocenters. The highest BCUT2D eigenvalue weighted by molar-refractivity contribution is 6.69. The third kappa shape index (κ3) is 5.20. The fourth-order valence-corrected chi connectivity index (χ4v) is 2.38. The third-order valence-corrected chi connectivity index (χ3v) is 3.96. The van der Waals surface area contributed by atoms with Crippen molar-refractivity contribution in [3.8, 4) is 0 Å². The lowest BCUT2D eigenvalue weighted by molar-refractivity contribution is -0.0801. The van der Waals surface area contributed by atoms with Crippen molar-refractivity contribution >= 4 is 53.0 Å². The smallest absolute Gasteiger partial charge is 0.252 e. The van der Waals surface area contributed by atoms with Crippen molar-refractivity contribution in [3.05, 3.63) is 89.4 Å². The van der Waals surface area contributed by atoms with Gasteiger partial charge in [-0.25, -0.2) is 0 Å². The van der Waals surface area contributed by atoms with E-state index < -0.39 is 3.79 Å². The van der Waals surface area contributed by atoms with Gasteiger partial charge >= 0.3 is 0 Å². The van der Waals surface area contributed by atoms with Crippen LogP contribution in [0.4, 0.5) is 0 Å². The minimum absolute atomic E-state index is 0.212. The molecule has 1 heterocycles. The van der Waals surface area contributed by atoms with E-state index in [0.717, 1.165) is 11.1 Å². The van der Waals surface area contributed by atoms with Crippen LogP contribution < -0.4 is 5.43 Å². The summed E-state index contributed by atoms with van der Waals surface area (Å²) < 4.78 is -1.59. The first kappa shape index (κ1) is 17.7. The molecule has 1 aliphatic rings. The summed E-state index contributed by atoms with van der Waals surface area (Å²) in [7, 11) is 0. The van der Waals surface area contributed by atoms with Gasteiger partial charge in [0.1, 0.15) is 0 Å². The van der Waals surface area contributed by atoms with Crippen molar-refractivity contribution in [3.63, 3.8) is 0 Å². The predicted octanol–water partition coefficient (Wildman–Crippen LogP) is 5.79. The standard InChI is InChI=1S/C19H15Cl3N2O/c20-19(21,22)18-14-23-24(25-18)13-12-17-10-8-16(9-11-17)7-6-15-4-2-1-3-5-15/h1-14,23H. The lowest BCUT2D eigenvalue weighted by Gasteiger charge is -2.15. The second-order valence-electron chi connectivity index (χ2n) is 5.28. The molecule has 25 heavy (non-hydrogen) atoms. The average Bonchev–Trinajstić information content (AvgIpc) is 3.09. The molecule has 2 aromatic rings. The van der Waals surface area contributed by atoms with E-state index in [4.69, 9.17) is 39.6 Å². The summed E-state index contributed by atoms with van der Waals surface area (Å²) in [6, 6.07) is 18.3. The van der Waals surface area contributed by atoms with E-state index in [2.05, 4.69) is 29.7 Å². The van der Waals surface area contributed by atoms with E-state index in [0.29, 0.717) is 0 Å². The van der Waals surface area contributed by atoms with Crippen LogP contribution in [0.1, 0.15) is 16.7 Å². The maximum atomic E-state index is 5.75. The summed E-state index contributed by atoms with van der Waals surface area (Å²) in [5.74, 6) is 0.212. The summed E-state index contributed by atoms with van der Waals surface area (Å²) in [5, 5.41) is 1.36. The summed E-state index contributed by atoms with van der Waals surface area (Å²) >= 11 is 17.3. The molecule has 0 saturated heterocycles. The minimum Gasteiger partial charge on any atom is -0.358 e. The number of hydroxylamine groups is 1. The molecule has 0 aliphatic carbocycles. The quantitative estimate of drug-likeness (QED) is 0.525. The zero-order chi connectivity index (χ0) is 17.7. The Hall–Kier alpha value is -2.07. The maximum absolute atomic E-state index is 5.75. The number of benzene rings is 2. The number of nitrogens with one attached hydrogen (secondary N) is 1. The molecule has 1 N–H and O–H groups in total. The Morgan fingerprint density at radius 1 is 0.800 bits per heavy atom. The van der Waals surface area contributed by atoms with Gasteiger partial charge < -0.3 is 4.84 Å². The highest BCUT2D eigenvalue weighted by Gasteiger charge is 2.33. The number of hydrogen-bond acceptors (Lipinski definition) is 3. The highest BCUT2D eigenvalue weighted by atomic mass is 35.6. The molecule has 6 heteroatoms. The van der Waals surface area contributed by atoms with Gasteiger partial charge in [-0.1, -0.05) is 102 Å². The van der Waals surface area contributed by atoms with Crippen molar-refractivity contribution < 1.29 is 4.84 Å². The van der Waals surface area contributed by atoms with E-state index in [1.165, 1.54) is 16.9 Å². The van der Waals surface area contributed by atoms with Crippen LogP contribution >= 0.6 is 34.8 Å². The Bertz CT molecular complexity index is 794. The van der Waals surface area contributed by atoms with Crippen molar-refractivity contribution in [2.24, 2.45) is 0 Å². The van der Waals surface area contributed by atoms with Gasteiger partial charge in [0.05, 0.1) is 12.4 Å². The number of alkyl halides is 3. The van der Waals surface area contributed by atoms with Crippen LogP contribution in [0.2, 0.25) is 0 Å². The number of hydrogen-bond donors (Lipinski definition) is 1. The topological polar surface area (TPSA) is 24.5 Å². The SMILES string of the molecule is ClC(Cl)(Cl)C1=CNN(C=Cc2ccc(C=Cc3ccccc3)cc2)O1. The summed E-state index contributed by atoms with van der Waals surface area (Å²) in [6.45, 7) is 0. The summed E-state index contributed by atoms with van der Waals surface area (Å²) in [6.07, 6.45) is 9.23. The Morgan fingerprint density at radius 2 is 1.36 bits per heavy atom. The predicted molar refractivity (Wildman–Crippen MR) is 105 cm³/mol. The molecule has 0 radical (unpaired) electrons. The number of allylic oxidation sites excluding steroid dienone is 1. The molecule has 0 bridgehead atoms. The van der Waals surface area contributed by atoms with E-state index in [-0.39, 0.29) is 5.76 Å². The molecule has 0 aromatic heterocycles. The molecule has 0 unspecified atom stereocenters. The van der Waals surface area contributed by atoms with Crippen LogP contribution in [0.3, 0.4) is 0 Å². The number of halogens is 3. The third-order valence-electron chi connectivity index (χ3n) is 3.41. The van der Waals surface area contributed by atoms with Gasteiger partial charge in [0.25, 0.3) is 3.79 Å². The zero-order valence-electron chi connectivity index (χ0n) is 13.1.